The van der Waals surface area contributed by atoms with Crippen LogP contribution in [-0.4, -0.2) is 19.7 Å². The molecule has 4 aromatic heterocycles. The first-order valence-corrected chi connectivity index (χ1v) is 13.6. The third-order valence-corrected chi connectivity index (χ3v) is 8.61. The Balaban J connectivity index is 1.32. The Bertz CT molecular complexity index is 1210. The summed E-state index contributed by atoms with van der Waals surface area (Å²) in [5.74, 6) is 1.82. The van der Waals surface area contributed by atoms with Gasteiger partial charge in [-0.15, -0.1) is 44.2 Å². The van der Waals surface area contributed by atoms with Crippen LogP contribution in [0.15, 0.2) is 75.9 Å². The third-order valence-electron chi connectivity index (χ3n) is 4.81. The molecule has 0 unspecified atom stereocenters. The molecular weight excluding hydrogens is 461 g/mol. The van der Waals surface area contributed by atoms with Crippen LogP contribution in [0.5, 0.6) is 0 Å². The molecule has 31 heavy (non-hydrogen) atoms. The summed E-state index contributed by atoms with van der Waals surface area (Å²) >= 11 is 6.92. The van der Waals surface area contributed by atoms with Crippen molar-refractivity contribution in [1.82, 2.24) is 19.7 Å². The van der Waals surface area contributed by atoms with Crippen molar-refractivity contribution in [3.05, 3.63) is 92.7 Å². The first-order chi connectivity index (χ1) is 15.3. The molecule has 0 aliphatic heterocycles. The monoisotopic (exact) mass is 480 g/mol. The van der Waals surface area contributed by atoms with Gasteiger partial charge in [0.05, 0.1) is 10.6 Å². The van der Waals surface area contributed by atoms with Crippen LogP contribution in [0.25, 0.3) is 9.88 Å². The van der Waals surface area contributed by atoms with Gasteiger partial charge in [-0.1, -0.05) is 54.2 Å². The van der Waals surface area contributed by atoms with Crippen LogP contribution >= 0.6 is 45.8 Å². The van der Waals surface area contributed by atoms with Gasteiger partial charge >= 0.3 is 0 Å². The van der Waals surface area contributed by atoms with E-state index in [0.29, 0.717) is 0 Å². The standard InChI is InChI=1S/C23H20N4S4/c1-2-6-17(7-3-1)10-11-27-21(14-19-8-4-12-28-19)25-26-23(27)31-16-18-15-30-22(24-18)20-9-5-13-29-20/h1-9,12-13,15H,10-11,14,16H2. The molecule has 0 amide bonds. The van der Waals surface area contributed by atoms with E-state index in [4.69, 9.17) is 4.98 Å². The molecular formula is C23H20N4S4. The minimum absolute atomic E-state index is 0.796. The highest BCUT2D eigenvalue weighted by Crippen LogP contribution is 2.30. The fraction of sp³-hybridized carbons (Fsp3) is 0.174. The maximum absolute atomic E-state index is 4.81. The van der Waals surface area contributed by atoms with Crippen LogP contribution in [0.1, 0.15) is 22.0 Å². The van der Waals surface area contributed by atoms with Crippen LogP contribution in [0, 0.1) is 0 Å². The molecule has 5 aromatic rings. The van der Waals surface area contributed by atoms with Crippen molar-refractivity contribution in [2.45, 2.75) is 30.3 Å². The lowest BCUT2D eigenvalue weighted by atomic mass is 10.1. The molecule has 0 aliphatic rings. The molecule has 4 nitrogen and oxygen atoms in total. The molecule has 0 saturated heterocycles. The number of nitrogens with zero attached hydrogens (tertiary/aromatic N) is 4. The van der Waals surface area contributed by atoms with Crippen LogP contribution < -0.4 is 0 Å². The van der Waals surface area contributed by atoms with Crippen molar-refractivity contribution in [2.24, 2.45) is 0 Å². The van der Waals surface area contributed by atoms with Gasteiger partial charge in [-0.2, -0.15) is 0 Å². The second-order valence-corrected chi connectivity index (χ2v) is 10.7. The van der Waals surface area contributed by atoms with Crippen LogP contribution in [0.3, 0.4) is 0 Å². The van der Waals surface area contributed by atoms with Crippen molar-refractivity contribution in [3.63, 3.8) is 0 Å². The fourth-order valence-corrected chi connectivity index (χ4v) is 6.58. The molecule has 4 heterocycles. The van der Waals surface area contributed by atoms with E-state index in [2.05, 4.69) is 85.5 Å². The molecule has 0 atom stereocenters. The summed E-state index contributed by atoms with van der Waals surface area (Å²) in [7, 11) is 0. The molecule has 0 radical (unpaired) electrons. The number of thioether (sulfide) groups is 1. The molecule has 156 valence electrons. The normalized spacial score (nSPS) is 11.2. The molecule has 0 saturated carbocycles. The Morgan fingerprint density at radius 1 is 0.871 bits per heavy atom. The average Bonchev–Trinajstić information content (AvgIpc) is 3.60. The number of hydrogen-bond acceptors (Lipinski definition) is 7. The number of aryl methyl sites for hydroxylation is 1. The van der Waals surface area contributed by atoms with Gasteiger partial charge in [-0.05, 0) is 34.9 Å². The smallest absolute Gasteiger partial charge is 0.191 e. The zero-order chi connectivity index (χ0) is 20.9. The van der Waals surface area contributed by atoms with Gasteiger partial charge in [0.2, 0.25) is 0 Å². The number of rotatable bonds is 9. The second-order valence-electron chi connectivity index (χ2n) is 6.95. The largest absolute Gasteiger partial charge is 0.305 e. The zero-order valence-corrected chi connectivity index (χ0v) is 19.9. The van der Waals surface area contributed by atoms with Gasteiger partial charge in [-0.25, -0.2) is 4.98 Å². The lowest BCUT2D eigenvalue weighted by Crippen LogP contribution is -2.08. The van der Waals surface area contributed by atoms with Crippen LogP contribution in [0.4, 0.5) is 0 Å². The maximum atomic E-state index is 4.81. The first kappa shape index (κ1) is 20.6. The Kier molecular flexibility index (Phi) is 6.60. The number of thiazole rings is 1. The van der Waals surface area contributed by atoms with E-state index in [1.807, 2.05) is 0 Å². The molecule has 0 bridgehead atoms. The van der Waals surface area contributed by atoms with Gasteiger partial charge in [0.1, 0.15) is 10.8 Å². The predicted octanol–water partition coefficient (Wildman–Crippen LogP) is 6.65. The van der Waals surface area contributed by atoms with Crippen molar-refractivity contribution < 1.29 is 0 Å². The highest BCUT2D eigenvalue weighted by atomic mass is 32.2. The highest BCUT2D eigenvalue weighted by Gasteiger charge is 2.15. The van der Waals surface area contributed by atoms with E-state index < -0.39 is 0 Å². The van der Waals surface area contributed by atoms with E-state index >= 15 is 0 Å². The summed E-state index contributed by atoms with van der Waals surface area (Å²) in [4.78, 5) is 7.35. The van der Waals surface area contributed by atoms with Gasteiger partial charge in [0.15, 0.2) is 5.16 Å². The Labute approximate surface area is 197 Å². The van der Waals surface area contributed by atoms with E-state index in [-0.39, 0.29) is 0 Å². The van der Waals surface area contributed by atoms with Crippen molar-refractivity contribution >= 4 is 45.8 Å². The molecule has 0 N–H and O–H groups in total. The number of aromatic nitrogens is 4. The van der Waals surface area contributed by atoms with Gasteiger partial charge in [0, 0.05) is 29.0 Å². The third kappa shape index (κ3) is 5.15. The first-order valence-electron chi connectivity index (χ1n) is 9.94. The minimum atomic E-state index is 0.796. The minimum Gasteiger partial charge on any atom is -0.305 e. The molecule has 0 spiro atoms. The lowest BCUT2D eigenvalue weighted by molar-refractivity contribution is 0.610. The summed E-state index contributed by atoms with van der Waals surface area (Å²) in [5, 5.41) is 17.5. The summed E-state index contributed by atoms with van der Waals surface area (Å²) < 4.78 is 2.28. The number of benzene rings is 1. The van der Waals surface area contributed by atoms with E-state index in [9.17, 15) is 0 Å². The summed E-state index contributed by atoms with van der Waals surface area (Å²) in [6.45, 7) is 0.873. The quantitative estimate of drug-likeness (QED) is 0.222. The number of hydrogen-bond donors (Lipinski definition) is 0. The zero-order valence-electron chi connectivity index (χ0n) is 16.7. The summed E-state index contributed by atoms with van der Waals surface area (Å²) in [6.07, 6.45) is 1.78. The Morgan fingerprint density at radius 3 is 2.55 bits per heavy atom. The molecule has 5 rings (SSSR count). The SMILES string of the molecule is c1ccc(CCn2c(Cc3cccs3)nnc2SCc2csc(-c3cccs3)n2)cc1. The van der Waals surface area contributed by atoms with Crippen molar-refractivity contribution in [1.29, 1.82) is 0 Å². The van der Waals surface area contributed by atoms with Gasteiger partial charge in [0.25, 0.3) is 0 Å². The van der Waals surface area contributed by atoms with Crippen molar-refractivity contribution in [3.8, 4) is 9.88 Å². The summed E-state index contributed by atoms with van der Waals surface area (Å²) in [5.41, 5.74) is 2.42. The Hall–Kier alpha value is -2.26. The lowest BCUT2D eigenvalue weighted by Gasteiger charge is -2.10. The topological polar surface area (TPSA) is 43.6 Å². The molecule has 0 aliphatic carbocycles. The molecule has 8 heteroatoms. The second kappa shape index (κ2) is 9.91. The van der Waals surface area contributed by atoms with Crippen molar-refractivity contribution in [2.75, 3.05) is 0 Å². The maximum Gasteiger partial charge on any atom is 0.191 e. The van der Waals surface area contributed by atoms with E-state index in [1.54, 1.807) is 45.8 Å². The fourth-order valence-electron chi connectivity index (χ4n) is 3.26. The highest BCUT2D eigenvalue weighted by molar-refractivity contribution is 7.98. The van der Waals surface area contributed by atoms with Crippen LogP contribution in [0.2, 0.25) is 0 Å². The molecule has 1 aromatic carbocycles. The number of thiophene rings is 2. The van der Waals surface area contributed by atoms with Gasteiger partial charge < -0.3 is 4.57 Å². The average molecular weight is 481 g/mol. The molecule has 0 fully saturated rings. The van der Waals surface area contributed by atoms with E-state index in [0.717, 1.165) is 46.8 Å². The van der Waals surface area contributed by atoms with Gasteiger partial charge in [-0.3, -0.25) is 0 Å². The van der Waals surface area contributed by atoms with E-state index in [1.165, 1.54) is 15.3 Å². The van der Waals surface area contributed by atoms with Crippen LogP contribution in [-0.2, 0) is 25.1 Å². The predicted molar refractivity (Wildman–Crippen MR) is 132 cm³/mol. The Morgan fingerprint density at radius 2 is 1.74 bits per heavy atom. The summed E-state index contributed by atoms with van der Waals surface area (Å²) in [6, 6.07) is 19.0.